The van der Waals surface area contributed by atoms with Gasteiger partial charge in [0.25, 0.3) is 0 Å². The second kappa shape index (κ2) is 6.17. The van der Waals surface area contributed by atoms with Crippen LogP contribution >= 0.6 is 11.3 Å². The number of carbonyl (C=O) groups excluding carboxylic acids is 1. The molecule has 1 amide bonds. The maximum absolute atomic E-state index is 11.8. The van der Waals surface area contributed by atoms with Crippen LogP contribution in [0.3, 0.4) is 0 Å². The fourth-order valence-corrected chi connectivity index (χ4v) is 2.54. The van der Waals surface area contributed by atoms with Gasteiger partial charge in [0.1, 0.15) is 0 Å². The molecule has 1 heterocycles. The van der Waals surface area contributed by atoms with Gasteiger partial charge in [-0.05, 0) is 36.8 Å². The Labute approximate surface area is 116 Å². The Morgan fingerprint density at radius 3 is 2.58 bits per heavy atom. The van der Waals surface area contributed by atoms with Crippen molar-refractivity contribution in [3.05, 3.63) is 57.3 Å². The standard InChI is InChI=1S/C15H14N2OS/c1-11-2-7-14(19-11)10-17-15(18)8-12-3-5-13(9-16)6-4-12/h2-7H,8,10H2,1H3,(H,17,18). The molecule has 0 spiro atoms. The van der Waals surface area contributed by atoms with Crippen molar-refractivity contribution in [2.24, 2.45) is 0 Å². The number of thiophene rings is 1. The number of amides is 1. The number of benzene rings is 1. The van der Waals surface area contributed by atoms with Gasteiger partial charge in [-0.3, -0.25) is 4.79 Å². The number of aryl methyl sites for hydroxylation is 1. The van der Waals surface area contributed by atoms with Gasteiger partial charge in [-0.2, -0.15) is 5.26 Å². The molecule has 0 unspecified atom stereocenters. The minimum Gasteiger partial charge on any atom is -0.351 e. The third-order valence-electron chi connectivity index (χ3n) is 2.70. The highest BCUT2D eigenvalue weighted by molar-refractivity contribution is 7.11. The molecule has 19 heavy (non-hydrogen) atoms. The fourth-order valence-electron chi connectivity index (χ4n) is 1.71. The lowest BCUT2D eigenvalue weighted by Gasteiger charge is -2.04. The summed E-state index contributed by atoms with van der Waals surface area (Å²) < 4.78 is 0. The van der Waals surface area contributed by atoms with E-state index >= 15 is 0 Å². The number of nitrogens with zero attached hydrogens (tertiary/aromatic N) is 1. The van der Waals surface area contributed by atoms with E-state index in [4.69, 9.17) is 5.26 Å². The molecule has 0 aliphatic carbocycles. The summed E-state index contributed by atoms with van der Waals surface area (Å²) in [6.45, 7) is 2.63. The average molecular weight is 270 g/mol. The van der Waals surface area contributed by atoms with Crippen LogP contribution in [0, 0.1) is 18.3 Å². The van der Waals surface area contributed by atoms with Gasteiger partial charge in [0.2, 0.25) is 5.91 Å². The smallest absolute Gasteiger partial charge is 0.224 e. The van der Waals surface area contributed by atoms with Gasteiger partial charge in [0.05, 0.1) is 24.6 Å². The van der Waals surface area contributed by atoms with Crippen LogP contribution in [0.1, 0.15) is 20.9 Å². The number of hydrogen-bond donors (Lipinski definition) is 1. The molecule has 4 heteroatoms. The molecule has 0 bridgehead atoms. The normalized spacial score (nSPS) is 9.89. The van der Waals surface area contributed by atoms with Gasteiger partial charge in [0, 0.05) is 9.75 Å². The summed E-state index contributed by atoms with van der Waals surface area (Å²) in [4.78, 5) is 14.2. The van der Waals surface area contributed by atoms with E-state index in [0.29, 0.717) is 18.5 Å². The van der Waals surface area contributed by atoms with Crippen molar-refractivity contribution in [1.82, 2.24) is 5.32 Å². The van der Waals surface area contributed by atoms with Crippen LogP contribution < -0.4 is 5.32 Å². The zero-order valence-corrected chi connectivity index (χ0v) is 11.5. The molecule has 1 aromatic carbocycles. The lowest BCUT2D eigenvalue weighted by atomic mass is 10.1. The minimum absolute atomic E-state index is 0.00393. The van der Waals surface area contributed by atoms with Crippen molar-refractivity contribution < 1.29 is 4.79 Å². The maximum atomic E-state index is 11.8. The van der Waals surface area contributed by atoms with E-state index in [1.54, 1.807) is 23.5 Å². The van der Waals surface area contributed by atoms with Gasteiger partial charge in [0.15, 0.2) is 0 Å². The molecule has 2 rings (SSSR count). The van der Waals surface area contributed by atoms with Gasteiger partial charge >= 0.3 is 0 Å². The van der Waals surface area contributed by atoms with Crippen molar-refractivity contribution in [1.29, 1.82) is 5.26 Å². The van der Waals surface area contributed by atoms with Crippen LogP contribution in [0.4, 0.5) is 0 Å². The molecule has 1 N–H and O–H groups in total. The van der Waals surface area contributed by atoms with Gasteiger partial charge in [-0.25, -0.2) is 0 Å². The molecule has 2 aromatic rings. The van der Waals surface area contributed by atoms with E-state index in [1.165, 1.54) is 4.88 Å². The van der Waals surface area contributed by atoms with Crippen molar-refractivity contribution in [2.45, 2.75) is 19.9 Å². The Bertz CT molecular complexity index is 608. The molecule has 0 aliphatic heterocycles. The van der Waals surface area contributed by atoms with E-state index in [2.05, 4.69) is 11.4 Å². The first-order valence-corrected chi connectivity index (χ1v) is 6.80. The third-order valence-corrected chi connectivity index (χ3v) is 3.70. The van der Waals surface area contributed by atoms with Crippen LogP contribution in [0.5, 0.6) is 0 Å². The van der Waals surface area contributed by atoms with Crippen LogP contribution in [-0.2, 0) is 17.8 Å². The Hall–Kier alpha value is -2.12. The first-order chi connectivity index (χ1) is 9.17. The SMILES string of the molecule is Cc1ccc(CNC(=O)Cc2ccc(C#N)cc2)s1. The van der Waals surface area contributed by atoms with Crippen molar-refractivity contribution >= 4 is 17.2 Å². The van der Waals surface area contributed by atoms with Crippen LogP contribution in [0.15, 0.2) is 36.4 Å². The molecule has 0 fully saturated rings. The molecule has 96 valence electrons. The summed E-state index contributed by atoms with van der Waals surface area (Å²) in [7, 11) is 0. The average Bonchev–Trinajstić information content (AvgIpc) is 2.83. The predicted molar refractivity (Wildman–Crippen MR) is 75.8 cm³/mol. The van der Waals surface area contributed by atoms with Crippen molar-refractivity contribution in [2.75, 3.05) is 0 Å². The first kappa shape index (κ1) is 13.3. The maximum Gasteiger partial charge on any atom is 0.224 e. The van der Waals surface area contributed by atoms with E-state index < -0.39 is 0 Å². The number of carbonyl (C=O) groups is 1. The van der Waals surface area contributed by atoms with E-state index in [1.807, 2.05) is 31.2 Å². The fraction of sp³-hybridized carbons (Fsp3) is 0.200. The minimum atomic E-state index is -0.00393. The summed E-state index contributed by atoms with van der Waals surface area (Å²) in [5.74, 6) is -0.00393. The molecular weight excluding hydrogens is 256 g/mol. The lowest BCUT2D eigenvalue weighted by Crippen LogP contribution is -2.24. The highest BCUT2D eigenvalue weighted by Crippen LogP contribution is 2.14. The Balaban J connectivity index is 1.85. The molecule has 0 atom stereocenters. The first-order valence-electron chi connectivity index (χ1n) is 5.98. The van der Waals surface area contributed by atoms with E-state index in [9.17, 15) is 4.79 Å². The monoisotopic (exact) mass is 270 g/mol. The van der Waals surface area contributed by atoms with Crippen molar-refractivity contribution in [3.8, 4) is 6.07 Å². The molecule has 0 radical (unpaired) electrons. The molecule has 0 saturated heterocycles. The summed E-state index contributed by atoms with van der Waals surface area (Å²) in [6.07, 6.45) is 0.343. The number of nitriles is 1. The summed E-state index contributed by atoms with van der Waals surface area (Å²) in [6, 6.07) is 13.2. The summed E-state index contributed by atoms with van der Waals surface area (Å²) in [5.41, 5.74) is 1.53. The number of nitrogens with one attached hydrogen (secondary N) is 1. The Morgan fingerprint density at radius 1 is 1.26 bits per heavy atom. The highest BCUT2D eigenvalue weighted by Gasteiger charge is 2.04. The molecular formula is C15H14N2OS. The van der Waals surface area contributed by atoms with E-state index in [0.717, 1.165) is 10.4 Å². The molecule has 3 nitrogen and oxygen atoms in total. The molecule has 0 saturated carbocycles. The van der Waals surface area contributed by atoms with Crippen LogP contribution in [0.2, 0.25) is 0 Å². The zero-order chi connectivity index (χ0) is 13.7. The predicted octanol–water partition coefficient (Wildman–Crippen LogP) is 2.79. The topological polar surface area (TPSA) is 52.9 Å². The molecule has 1 aromatic heterocycles. The van der Waals surface area contributed by atoms with Crippen LogP contribution in [-0.4, -0.2) is 5.91 Å². The number of hydrogen-bond acceptors (Lipinski definition) is 3. The van der Waals surface area contributed by atoms with Crippen molar-refractivity contribution in [3.63, 3.8) is 0 Å². The quantitative estimate of drug-likeness (QED) is 0.928. The van der Waals surface area contributed by atoms with Gasteiger partial charge < -0.3 is 5.32 Å². The largest absolute Gasteiger partial charge is 0.351 e. The third kappa shape index (κ3) is 3.94. The lowest BCUT2D eigenvalue weighted by molar-refractivity contribution is -0.120. The second-order valence-corrected chi connectivity index (χ2v) is 5.65. The Kier molecular flexibility index (Phi) is 4.32. The van der Waals surface area contributed by atoms with Gasteiger partial charge in [-0.1, -0.05) is 12.1 Å². The Morgan fingerprint density at radius 2 is 2.00 bits per heavy atom. The summed E-state index contributed by atoms with van der Waals surface area (Å²) >= 11 is 1.69. The van der Waals surface area contributed by atoms with E-state index in [-0.39, 0.29) is 5.91 Å². The van der Waals surface area contributed by atoms with Crippen LogP contribution in [0.25, 0.3) is 0 Å². The van der Waals surface area contributed by atoms with Gasteiger partial charge in [-0.15, -0.1) is 11.3 Å². The highest BCUT2D eigenvalue weighted by atomic mass is 32.1. The zero-order valence-electron chi connectivity index (χ0n) is 10.6. The second-order valence-electron chi connectivity index (χ2n) is 4.27. The molecule has 0 aliphatic rings. The summed E-state index contributed by atoms with van der Waals surface area (Å²) in [5, 5.41) is 11.6. The number of rotatable bonds is 4.